The number of hydrogen-bond donors (Lipinski definition) is 0. The maximum absolute atomic E-state index is 13.0. The Kier molecular flexibility index (Phi) is 5.00. The molecule has 28 heavy (non-hydrogen) atoms. The van der Waals surface area contributed by atoms with Gasteiger partial charge in [-0.15, -0.1) is 0 Å². The lowest BCUT2D eigenvalue weighted by Gasteiger charge is -2.41. The summed E-state index contributed by atoms with van der Waals surface area (Å²) in [4.78, 5) is 4.69. The van der Waals surface area contributed by atoms with Gasteiger partial charge >= 0.3 is 7.12 Å². The molecule has 0 radical (unpaired) electrons. The fourth-order valence-corrected chi connectivity index (χ4v) is 4.29. The van der Waals surface area contributed by atoms with E-state index in [1.165, 1.54) is 5.69 Å². The summed E-state index contributed by atoms with van der Waals surface area (Å²) in [6.45, 7) is 12.8. The highest BCUT2D eigenvalue weighted by Crippen LogP contribution is 2.42. The molecule has 0 unspecified atom stereocenters. The topological polar surface area (TPSA) is 24.9 Å². The van der Waals surface area contributed by atoms with Crippen molar-refractivity contribution in [3.05, 3.63) is 24.3 Å². The lowest BCUT2D eigenvalue weighted by atomic mass is 9.79. The first-order valence-corrected chi connectivity index (χ1v) is 10.4. The van der Waals surface area contributed by atoms with E-state index in [0.29, 0.717) is 0 Å². The molecule has 4 rings (SSSR count). The van der Waals surface area contributed by atoms with Crippen molar-refractivity contribution < 1.29 is 18.1 Å². The lowest BCUT2D eigenvalue weighted by Crippen LogP contribution is -2.50. The third-order valence-electron chi connectivity index (χ3n) is 6.85. The van der Waals surface area contributed by atoms with Crippen molar-refractivity contribution in [1.82, 2.24) is 4.90 Å². The van der Waals surface area contributed by atoms with Crippen molar-refractivity contribution in [2.75, 3.05) is 37.6 Å². The number of piperazine rings is 1. The molecule has 4 nitrogen and oxygen atoms in total. The number of alkyl halides is 2. The molecule has 7 heteroatoms. The molecular formula is C21H31BF2N2O2. The normalized spacial score (nSPS) is 27.1. The first-order valence-electron chi connectivity index (χ1n) is 10.4. The molecule has 3 aliphatic rings. The van der Waals surface area contributed by atoms with E-state index in [-0.39, 0.29) is 37.1 Å². The second-order valence-electron chi connectivity index (χ2n) is 9.60. The van der Waals surface area contributed by atoms with Gasteiger partial charge in [-0.2, -0.15) is 0 Å². The van der Waals surface area contributed by atoms with Crippen LogP contribution >= 0.6 is 0 Å². The first-order chi connectivity index (χ1) is 13.0. The number of anilines is 1. The SMILES string of the molecule is CC1(C)OB(c2ccc(N3CCN(CC4CC(F)(F)C4)CC3)cc2)OC1(C)C. The van der Waals surface area contributed by atoms with E-state index in [1.807, 2.05) is 0 Å². The minimum Gasteiger partial charge on any atom is -0.399 e. The van der Waals surface area contributed by atoms with Crippen LogP contribution in [0.3, 0.4) is 0 Å². The van der Waals surface area contributed by atoms with Crippen molar-refractivity contribution in [3.8, 4) is 0 Å². The highest BCUT2D eigenvalue weighted by atomic mass is 19.3. The third kappa shape index (κ3) is 3.94. The minimum atomic E-state index is -2.41. The van der Waals surface area contributed by atoms with Crippen LogP contribution in [0.1, 0.15) is 40.5 Å². The number of nitrogens with zero attached hydrogens (tertiary/aromatic N) is 2. The molecule has 1 aromatic carbocycles. The summed E-state index contributed by atoms with van der Waals surface area (Å²) in [7, 11) is -0.337. The lowest BCUT2D eigenvalue weighted by molar-refractivity contribution is -0.116. The van der Waals surface area contributed by atoms with Gasteiger partial charge in [-0.25, -0.2) is 8.78 Å². The maximum Gasteiger partial charge on any atom is 0.494 e. The van der Waals surface area contributed by atoms with Crippen LogP contribution in [0, 0.1) is 5.92 Å². The Morgan fingerprint density at radius 2 is 1.46 bits per heavy atom. The van der Waals surface area contributed by atoms with E-state index < -0.39 is 5.92 Å². The fraction of sp³-hybridized carbons (Fsp3) is 0.714. The predicted octanol–water partition coefficient (Wildman–Crippen LogP) is 3.15. The van der Waals surface area contributed by atoms with Crippen molar-refractivity contribution in [3.63, 3.8) is 0 Å². The molecule has 1 saturated carbocycles. The minimum absolute atomic E-state index is 0.0631. The van der Waals surface area contributed by atoms with Gasteiger partial charge in [0.2, 0.25) is 5.92 Å². The van der Waals surface area contributed by atoms with E-state index >= 15 is 0 Å². The highest BCUT2D eigenvalue weighted by molar-refractivity contribution is 6.62. The summed E-state index contributed by atoms with van der Waals surface area (Å²) in [5, 5.41) is 0. The Hall–Kier alpha value is -1.18. The highest BCUT2D eigenvalue weighted by Gasteiger charge is 2.51. The molecular weight excluding hydrogens is 361 g/mol. The van der Waals surface area contributed by atoms with Gasteiger partial charge in [0.05, 0.1) is 11.2 Å². The molecule has 0 spiro atoms. The second-order valence-corrected chi connectivity index (χ2v) is 9.60. The van der Waals surface area contributed by atoms with Crippen LogP contribution in [-0.4, -0.2) is 61.9 Å². The van der Waals surface area contributed by atoms with Gasteiger partial charge in [0, 0.05) is 51.3 Å². The molecule has 3 fully saturated rings. The van der Waals surface area contributed by atoms with Crippen LogP contribution in [0.25, 0.3) is 0 Å². The number of benzene rings is 1. The monoisotopic (exact) mass is 392 g/mol. The standard InChI is InChI=1S/C21H31BF2N2O2/c1-19(2)20(3,4)28-22(27-19)17-5-7-18(8-6-17)26-11-9-25(10-12-26)15-16-13-21(23,24)14-16/h5-8,16H,9-15H2,1-4H3. The Morgan fingerprint density at radius 1 is 0.929 bits per heavy atom. The van der Waals surface area contributed by atoms with Gasteiger partial charge in [-0.05, 0) is 51.2 Å². The van der Waals surface area contributed by atoms with Crippen LogP contribution in [0.15, 0.2) is 24.3 Å². The maximum atomic E-state index is 13.0. The van der Waals surface area contributed by atoms with Crippen LogP contribution in [0.4, 0.5) is 14.5 Å². The zero-order valence-electron chi connectivity index (χ0n) is 17.4. The Labute approximate surface area is 167 Å². The second kappa shape index (κ2) is 6.96. The zero-order chi connectivity index (χ0) is 20.2. The van der Waals surface area contributed by atoms with Crippen LogP contribution in [0.5, 0.6) is 0 Å². The number of halogens is 2. The molecule has 2 heterocycles. The quantitative estimate of drug-likeness (QED) is 0.736. The van der Waals surface area contributed by atoms with E-state index in [2.05, 4.69) is 61.8 Å². The Bertz CT molecular complexity index is 679. The average molecular weight is 392 g/mol. The smallest absolute Gasteiger partial charge is 0.399 e. The summed E-state index contributed by atoms with van der Waals surface area (Å²) >= 11 is 0. The van der Waals surface area contributed by atoms with E-state index in [0.717, 1.165) is 38.2 Å². The van der Waals surface area contributed by atoms with Crippen molar-refractivity contribution in [2.45, 2.75) is 57.7 Å². The molecule has 154 valence electrons. The van der Waals surface area contributed by atoms with Crippen molar-refractivity contribution in [2.24, 2.45) is 5.92 Å². The van der Waals surface area contributed by atoms with Crippen molar-refractivity contribution in [1.29, 1.82) is 0 Å². The number of hydrogen-bond acceptors (Lipinski definition) is 4. The molecule has 0 aromatic heterocycles. The number of rotatable bonds is 4. The van der Waals surface area contributed by atoms with Gasteiger partial charge in [-0.3, -0.25) is 4.90 Å². The summed E-state index contributed by atoms with van der Waals surface area (Å²) in [6, 6.07) is 8.42. The summed E-state index contributed by atoms with van der Waals surface area (Å²) in [5.41, 5.74) is 1.55. The van der Waals surface area contributed by atoms with Gasteiger partial charge < -0.3 is 14.2 Å². The van der Waals surface area contributed by atoms with Gasteiger partial charge in [0.15, 0.2) is 0 Å². The van der Waals surface area contributed by atoms with Gasteiger partial charge in [0.1, 0.15) is 0 Å². The zero-order valence-corrected chi connectivity index (χ0v) is 17.4. The molecule has 0 bridgehead atoms. The molecule has 2 saturated heterocycles. The molecule has 2 aliphatic heterocycles. The van der Waals surface area contributed by atoms with Gasteiger partial charge in [-0.1, -0.05) is 12.1 Å². The van der Waals surface area contributed by atoms with Crippen LogP contribution in [-0.2, 0) is 9.31 Å². The molecule has 0 atom stereocenters. The first kappa shape index (κ1) is 20.1. The van der Waals surface area contributed by atoms with E-state index in [1.54, 1.807) is 0 Å². The molecule has 1 aromatic rings. The van der Waals surface area contributed by atoms with Crippen LogP contribution in [0.2, 0.25) is 0 Å². The van der Waals surface area contributed by atoms with Gasteiger partial charge in [0.25, 0.3) is 0 Å². The molecule has 0 amide bonds. The van der Waals surface area contributed by atoms with E-state index in [9.17, 15) is 8.78 Å². The van der Waals surface area contributed by atoms with Crippen LogP contribution < -0.4 is 10.4 Å². The molecule has 1 aliphatic carbocycles. The van der Waals surface area contributed by atoms with Crippen molar-refractivity contribution >= 4 is 18.3 Å². The fourth-order valence-electron chi connectivity index (χ4n) is 4.29. The largest absolute Gasteiger partial charge is 0.494 e. The predicted molar refractivity (Wildman–Crippen MR) is 108 cm³/mol. The summed E-state index contributed by atoms with van der Waals surface area (Å²) < 4.78 is 38.3. The summed E-state index contributed by atoms with van der Waals surface area (Å²) in [5.74, 6) is -2.24. The Morgan fingerprint density at radius 3 is 1.96 bits per heavy atom. The average Bonchev–Trinajstić information content (AvgIpc) is 2.82. The molecule has 0 N–H and O–H groups in total. The van der Waals surface area contributed by atoms with E-state index in [4.69, 9.17) is 9.31 Å². The summed E-state index contributed by atoms with van der Waals surface area (Å²) in [6.07, 6.45) is 0.126. The third-order valence-corrected chi connectivity index (χ3v) is 6.85. The Balaban J connectivity index is 1.30.